The van der Waals surface area contributed by atoms with Gasteiger partial charge in [-0.05, 0) is 12.1 Å². The molecule has 0 unspecified atom stereocenters. The minimum Gasteiger partial charge on any atom is -0.346 e. The second kappa shape index (κ2) is 3.83. The van der Waals surface area contributed by atoms with E-state index in [4.69, 9.17) is 9.47 Å². The quantitative estimate of drug-likeness (QED) is 0.721. The minimum absolute atomic E-state index is 0.405. The third kappa shape index (κ3) is 2.30. The molecule has 82 valence electrons. The van der Waals surface area contributed by atoms with Crippen molar-refractivity contribution in [2.45, 2.75) is 12.5 Å². The second-order valence-electron chi connectivity index (χ2n) is 3.20. The molecule has 0 N–H and O–H groups in total. The van der Waals surface area contributed by atoms with Crippen molar-refractivity contribution >= 4 is 0 Å². The Balaban J connectivity index is 2.26. The number of ether oxygens (including phenoxy) is 2. The monoisotopic (exact) mass is 218 g/mol. The molecule has 0 saturated carbocycles. The van der Waals surface area contributed by atoms with Crippen LogP contribution in [-0.2, 0) is 15.7 Å². The molecular formula is C10H9F3O2. The van der Waals surface area contributed by atoms with Crippen molar-refractivity contribution in [3.05, 3.63) is 35.4 Å². The summed E-state index contributed by atoms with van der Waals surface area (Å²) in [4.78, 5) is 0. The molecule has 1 aromatic rings. The molecule has 0 amide bonds. The van der Waals surface area contributed by atoms with E-state index in [0.29, 0.717) is 18.8 Å². The third-order valence-corrected chi connectivity index (χ3v) is 2.11. The molecular weight excluding hydrogens is 209 g/mol. The average molecular weight is 218 g/mol. The summed E-state index contributed by atoms with van der Waals surface area (Å²) in [5.74, 6) is 0. The van der Waals surface area contributed by atoms with Crippen molar-refractivity contribution < 1.29 is 22.6 Å². The lowest BCUT2D eigenvalue weighted by atomic mass is 10.1. The fourth-order valence-corrected chi connectivity index (χ4v) is 1.41. The Morgan fingerprint density at radius 3 is 2.40 bits per heavy atom. The number of hydrogen-bond acceptors (Lipinski definition) is 2. The van der Waals surface area contributed by atoms with Gasteiger partial charge in [0.1, 0.15) is 0 Å². The molecule has 1 saturated heterocycles. The highest BCUT2D eigenvalue weighted by atomic mass is 19.4. The van der Waals surface area contributed by atoms with Gasteiger partial charge < -0.3 is 9.47 Å². The third-order valence-electron chi connectivity index (χ3n) is 2.11. The maximum absolute atomic E-state index is 12.4. The van der Waals surface area contributed by atoms with Gasteiger partial charge in [0.2, 0.25) is 0 Å². The summed E-state index contributed by atoms with van der Waals surface area (Å²) in [5, 5.41) is 0. The molecule has 0 atom stereocenters. The van der Waals surface area contributed by atoms with E-state index >= 15 is 0 Å². The highest BCUT2D eigenvalue weighted by molar-refractivity contribution is 5.26. The van der Waals surface area contributed by atoms with Gasteiger partial charge in [-0.15, -0.1) is 0 Å². The number of hydrogen-bond donors (Lipinski definition) is 0. The Hall–Kier alpha value is -1.07. The van der Waals surface area contributed by atoms with E-state index in [0.717, 1.165) is 12.1 Å². The Morgan fingerprint density at radius 1 is 1.13 bits per heavy atom. The molecule has 1 aliphatic heterocycles. The van der Waals surface area contributed by atoms with Crippen LogP contribution in [0.4, 0.5) is 13.2 Å². The minimum atomic E-state index is -4.32. The summed E-state index contributed by atoms with van der Waals surface area (Å²) in [6.07, 6.45) is -4.98. The highest BCUT2D eigenvalue weighted by Crippen LogP contribution is 2.32. The van der Waals surface area contributed by atoms with Gasteiger partial charge in [0.25, 0.3) is 0 Å². The maximum Gasteiger partial charge on any atom is 0.416 e. The van der Waals surface area contributed by atoms with Crippen LogP contribution in [-0.4, -0.2) is 13.2 Å². The molecule has 1 aliphatic rings. The summed E-state index contributed by atoms with van der Waals surface area (Å²) in [7, 11) is 0. The number of rotatable bonds is 1. The molecule has 15 heavy (non-hydrogen) atoms. The van der Waals surface area contributed by atoms with Crippen molar-refractivity contribution in [1.29, 1.82) is 0 Å². The van der Waals surface area contributed by atoms with Crippen molar-refractivity contribution in [1.82, 2.24) is 0 Å². The van der Waals surface area contributed by atoms with Gasteiger partial charge in [-0.1, -0.05) is 12.1 Å². The zero-order valence-corrected chi connectivity index (χ0v) is 7.75. The molecule has 2 nitrogen and oxygen atoms in total. The molecule has 0 aromatic heterocycles. The van der Waals surface area contributed by atoms with Gasteiger partial charge in [-0.2, -0.15) is 13.2 Å². The highest BCUT2D eigenvalue weighted by Gasteiger charge is 2.31. The average Bonchev–Trinajstić information content (AvgIpc) is 2.69. The van der Waals surface area contributed by atoms with Crippen molar-refractivity contribution in [2.24, 2.45) is 0 Å². The topological polar surface area (TPSA) is 18.5 Å². The Labute approximate surface area is 84.6 Å². The number of halogens is 3. The van der Waals surface area contributed by atoms with E-state index in [1.165, 1.54) is 6.07 Å². The first-order valence-electron chi connectivity index (χ1n) is 4.48. The van der Waals surface area contributed by atoms with Gasteiger partial charge in [0.15, 0.2) is 6.29 Å². The van der Waals surface area contributed by atoms with Crippen LogP contribution in [0.1, 0.15) is 17.4 Å². The van der Waals surface area contributed by atoms with Gasteiger partial charge in [-0.25, -0.2) is 0 Å². The Morgan fingerprint density at radius 2 is 1.80 bits per heavy atom. The lowest BCUT2D eigenvalue weighted by Gasteiger charge is -2.12. The van der Waals surface area contributed by atoms with Crippen LogP contribution in [0.5, 0.6) is 0 Å². The fourth-order valence-electron chi connectivity index (χ4n) is 1.41. The van der Waals surface area contributed by atoms with E-state index in [1.54, 1.807) is 6.07 Å². The Kier molecular flexibility index (Phi) is 2.67. The van der Waals surface area contributed by atoms with Crippen LogP contribution in [0, 0.1) is 0 Å². The van der Waals surface area contributed by atoms with Gasteiger partial charge >= 0.3 is 6.18 Å². The zero-order chi connectivity index (χ0) is 10.9. The molecule has 1 aromatic carbocycles. The van der Waals surface area contributed by atoms with E-state index in [-0.39, 0.29) is 0 Å². The van der Waals surface area contributed by atoms with Gasteiger partial charge in [0, 0.05) is 5.56 Å². The summed E-state index contributed by atoms with van der Waals surface area (Å²) in [6.45, 7) is 0.835. The van der Waals surface area contributed by atoms with Gasteiger partial charge in [-0.3, -0.25) is 0 Å². The molecule has 5 heteroatoms. The van der Waals surface area contributed by atoms with Crippen LogP contribution in [0.15, 0.2) is 24.3 Å². The predicted molar refractivity (Wildman–Crippen MR) is 46.1 cm³/mol. The van der Waals surface area contributed by atoms with E-state index in [9.17, 15) is 13.2 Å². The van der Waals surface area contributed by atoms with Crippen LogP contribution < -0.4 is 0 Å². The number of benzene rings is 1. The first kappa shape index (κ1) is 10.4. The van der Waals surface area contributed by atoms with Crippen LogP contribution >= 0.6 is 0 Å². The normalized spacial score (nSPS) is 18.3. The fraction of sp³-hybridized carbons (Fsp3) is 0.400. The molecule has 0 aliphatic carbocycles. The largest absolute Gasteiger partial charge is 0.416 e. The number of alkyl halides is 3. The summed E-state index contributed by atoms with van der Waals surface area (Å²) in [5.41, 5.74) is -0.276. The SMILES string of the molecule is FC(F)(F)c1cccc(C2OCCO2)c1. The molecule has 1 heterocycles. The molecule has 0 radical (unpaired) electrons. The molecule has 1 fully saturated rings. The van der Waals surface area contributed by atoms with E-state index in [2.05, 4.69) is 0 Å². The van der Waals surface area contributed by atoms with Crippen LogP contribution in [0.25, 0.3) is 0 Å². The van der Waals surface area contributed by atoms with E-state index in [1.807, 2.05) is 0 Å². The molecule has 2 rings (SSSR count). The van der Waals surface area contributed by atoms with Crippen LogP contribution in [0.3, 0.4) is 0 Å². The van der Waals surface area contributed by atoms with Crippen molar-refractivity contribution in [3.63, 3.8) is 0 Å². The summed E-state index contributed by atoms with van der Waals surface area (Å²) in [6, 6.07) is 4.99. The predicted octanol–water partition coefficient (Wildman–Crippen LogP) is 2.75. The zero-order valence-electron chi connectivity index (χ0n) is 7.75. The van der Waals surface area contributed by atoms with E-state index < -0.39 is 18.0 Å². The second-order valence-corrected chi connectivity index (χ2v) is 3.20. The summed E-state index contributed by atoms with van der Waals surface area (Å²) >= 11 is 0. The van der Waals surface area contributed by atoms with Crippen molar-refractivity contribution in [2.75, 3.05) is 13.2 Å². The van der Waals surface area contributed by atoms with Crippen LogP contribution in [0.2, 0.25) is 0 Å². The van der Waals surface area contributed by atoms with Gasteiger partial charge in [0.05, 0.1) is 18.8 Å². The molecule has 0 bridgehead atoms. The first-order valence-corrected chi connectivity index (χ1v) is 4.48. The lowest BCUT2D eigenvalue weighted by Crippen LogP contribution is -2.07. The standard InChI is InChI=1S/C10H9F3O2/c11-10(12,13)8-3-1-2-7(6-8)9-14-4-5-15-9/h1-3,6,9H,4-5H2. The Bertz CT molecular complexity index is 343. The molecule has 0 spiro atoms. The summed E-state index contributed by atoms with van der Waals surface area (Å²) < 4.78 is 47.4. The first-order chi connectivity index (χ1) is 7.07. The smallest absolute Gasteiger partial charge is 0.346 e. The van der Waals surface area contributed by atoms with Crippen molar-refractivity contribution in [3.8, 4) is 0 Å². The maximum atomic E-state index is 12.4. The lowest BCUT2D eigenvalue weighted by molar-refractivity contribution is -0.137.